The van der Waals surface area contributed by atoms with Gasteiger partial charge in [-0.05, 0) is 24.3 Å². The number of alkyl halides is 3. The van der Waals surface area contributed by atoms with Gasteiger partial charge in [0.2, 0.25) is 0 Å². The van der Waals surface area contributed by atoms with E-state index in [1.54, 1.807) is 18.2 Å². The SMILES string of the molecule is FC(F)(F)Oc1cc(Cl)c(-c2ccccn2)c(Cl)c1. The van der Waals surface area contributed by atoms with Gasteiger partial charge >= 0.3 is 6.36 Å². The highest BCUT2D eigenvalue weighted by molar-refractivity contribution is 6.39. The highest BCUT2D eigenvalue weighted by Crippen LogP contribution is 2.38. The molecule has 7 heteroatoms. The van der Waals surface area contributed by atoms with E-state index >= 15 is 0 Å². The molecule has 0 radical (unpaired) electrons. The fourth-order valence-electron chi connectivity index (χ4n) is 1.50. The van der Waals surface area contributed by atoms with Gasteiger partial charge < -0.3 is 4.74 Å². The summed E-state index contributed by atoms with van der Waals surface area (Å²) in [6.07, 6.45) is -3.26. The monoisotopic (exact) mass is 307 g/mol. The molecule has 0 bridgehead atoms. The molecule has 2 aromatic rings. The molecule has 0 N–H and O–H groups in total. The molecule has 1 heterocycles. The molecular formula is C12H6Cl2F3NO. The van der Waals surface area contributed by atoms with E-state index in [0.29, 0.717) is 11.3 Å². The average molecular weight is 308 g/mol. The molecule has 0 amide bonds. The third kappa shape index (κ3) is 3.52. The molecule has 1 aromatic heterocycles. The number of hydrogen-bond acceptors (Lipinski definition) is 2. The van der Waals surface area contributed by atoms with E-state index in [1.165, 1.54) is 6.20 Å². The molecule has 0 unspecified atom stereocenters. The Morgan fingerprint density at radius 1 is 1.05 bits per heavy atom. The molecule has 0 atom stereocenters. The topological polar surface area (TPSA) is 22.1 Å². The largest absolute Gasteiger partial charge is 0.573 e. The van der Waals surface area contributed by atoms with Crippen LogP contribution in [0, 0.1) is 0 Å². The van der Waals surface area contributed by atoms with Crippen LogP contribution < -0.4 is 4.74 Å². The normalized spacial score (nSPS) is 11.4. The van der Waals surface area contributed by atoms with E-state index in [0.717, 1.165) is 12.1 Å². The summed E-state index contributed by atoms with van der Waals surface area (Å²) >= 11 is 11.9. The zero-order valence-corrected chi connectivity index (χ0v) is 10.7. The first kappa shape index (κ1) is 14.0. The van der Waals surface area contributed by atoms with Gasteiger partial charge in [-0.15, -0.1) is 13.2 Å². The van der Waals surface area contributed by atoms with Gasteiger partial charge in [-0.25, -0.2) is 0 Å². The highest BCUT2D eigenvalue weighted by atomic mass is 35.5. The smallest absolute Gasteiger partial charge is 0.406 e. The van der Waals surface area contributed by atoms with Gasteiger partial charge in [0.05, 0.1) is 15.7 Å². The summed E-state index contributed by atoms with van der Waals surface area (Å²) in [5.74, 6) is -0.470. The maximum Gasteiger partial charge on any atom is 0.573 e. The first-order chi connectivity index (χ1) is 8.87. The van der Waals surface area contributed by atoms with Crippen LogP contribution in [0.25, 0.3) is 11.3 Å². The molecule has 0 aliphatic carbocycles. The van der Waals surface area contributed by atoms with Crippen molar-refractivity contribution >= 4 is 23.2 Å². The van der Waals surface area contributed by atoms with Crippen LogP contribution in [0.3, 0.4) is 0 Å². The molecule has 0 saturated heterocycles. The average Bonchev–Trinajstić information content (AvgIpc) is 2.27. The minimum absolute atomic E-state index is 0.0328. The fraction of sp³-hybridized carbons (Fsp3) is 0.0833. The maximum atomic E-state index is 12.1. The number of rotatable bonds is 2. The predicted molar refractivity (Wildman–Crippen MR) is 66.4 cm³/mol. The second-order valence-corrected chi connectivity index (χ2v) is 4.34. The Balaban J connectivity index is 2.44. The summed E-state index contributed by atoms with van der Waals surface area (Å²) in [6.45, 7) is 0. The molecule has 0 spiro atoms. The van der Waals surface area contributed by atoms with E-state index in [-0.39, 0.29) is 10.0 Å². The predicted octanol–water partition coefficient (Wildman–Crippen LogP) is 4.95. The number of benzene rings is 1. The number of hydrogen-bond donors (Lipinski definition) is 0. The van der Waals surface area contributed by atoms with Gasteiger partial charge in [0.15, 0.2) is 0 Å². The number of nitrogens with zero attached hydrogens (tertiary/aromatic N) is 1. The van der Waals surface area contributed by atoms with E-state index in [9.17, 15) is 13.2 Å². The van der Waals surface area contributed by atoms with Crippen molar-refractivity contribution in [3.05, 3.63) is 46.6 Å². The first-order valence-corrected chi connectivity index (χ1v) is 5.78. The van der Waals surface area contributed by atoms with Crippen molar-refractivity contribution in [3.8, 4) is 17.0 Å². The first-order valence-electron chi connectivity index (χ1n) is 5.03. The Labute approximate surface area is 116 Å². The van der Waals surface area contributed by atoms with Crippen LogP contribution in [0.1, 0.15) is 0 Å². The van der Waals surface area contributed by atoms with Crippen LogP contribution in [0.15, 0.2) is 36.5 Å². The zero-order chi connectivity index (χ0) is 14.0. The molecule has 0 aliphatic rings. The van der Waals surface area contributed by atoms with Crippen molar-refractivity contribution in [2.75, 3.05) is 0 Å². The van der Waals surface area contributed by atoms with E-state index in [1.807, 2.05) is 0 Å². The van der Waals surface area contributed by atoms with Crippen molar-refractivity contribution < 1.29 is 17.9 Å². The van der Waals surface area contributed by atoms with Gasteiger partial charge in [-0.3, -0.25) is 4.98 Å². The molecule has 0 fully saturated rings. The van der Waals surface area contributed by atoms with Gasteiger partial charge in [0, 0.05) is 11.8 Å². The summed E-state index contributed by atoms with van der Waals surface area (Å²) in [7, 11) is 0. The van der Waals surface area contributed by atoms with Gasteiger partial charge in [0.25, 0.3) is 0 Å². The molecular weight excluding hydrogens is 302 g/mol. The Bertz CT molecular complexity index is 564. The molecule has 19 heavy (non-hydrogen) atoms. The third-order valence-corrected chi connectivity index (χ3v) is 2.77. The summed E-state index contributed by atoms with van der Waals surface area (Å²) in [4.78, 5) is 4.04. The third-order valence-electron chi connectivity index (χ3n) is 2.17. The van der Waals surface area contributed by atoms with Crippen molar-refractivity contribution in [2.24, 2.45) is 0 Å². The summed E-state index contributed by atoms with van der Waals surface area (Å²) < 4.78 is 40.1. The number of halogens is 5. The van der Waals surface area contributed by atoms with Crippen molar-refractivity contribution in [3.63, 3.8) is 0 Å². The van der Waals surface area contributed by atoms with Crippen LogP contribution in [0.5, 0.6) is 5.75 Å². The van der Waals surface area contributed by atoms with Crippen molar-refractivity contribution in [1.82, 2.24) is 4.98 Å². The Morgan fingerprint density at radius 3 is 2.16 bits per heavy atom. The molecule has 2 nitrogen and oxygen atoms in total. The van der Waals surface area contributed by atoms with E-state index in [2.05, 4.69) is 9.72 Å². The number of aromatic nitrogens is 1. The summed E-state index contributed by atoms with van der Waals surface area (Å²) in [5, 5.41) is 0.0656. The Kier molecular flexibility index (Phi) is 3.87. The summed E-state index contributed by atoms with van der Waals surface area (Å²) in [6, 6.07) is 7.16. The van der Waals surface area contributed by atoms with Crippen LogP contribution in [-0.2, 0) is 0 Å². The second-order valence-electron chi connectivity index (χ2n) is 3.52. The molecule has 0 saturated carbocycles. The molecule has 100 valence electrons. The lowest BCUT2D eigenvalue weighted by atomic mass is 10.1. The maximum absolute atomic E-state index is 12.1. The summed E-state index contributed by atoms with van der Waals surface area (Å²) in [5.41, 5.74) is 0.828. The van der Waals surface area contributed by atoms with Crippen LogP contribution >= 0.6 is 23.2 Å². The minimum Gasteiger partial charge on any atom is -0.406 e. The standard InChI is InChI=1S/C12H6Cl2F3NO/c13-8-5-7(19-12(15,16)17)6-9(14)11(8)10-3-1-2-4-18-10/h1-6H. The van der Waals surface area contributed by atoms with Crippen molar-refractivity contribution in [1.29, 1.82) is 0 Å². The van der Waals surface area contributed by atoms with Crippen LogP contribution in [-0.4, -0.2) is 11.3 Å². The highest BCUT2D eigenvalue weighted by Gasteiger charge is 2.31. The lowest BCUT2D eigenvalue weighted by Crippen LogP contribution is -2.17. The Hall–Kier alpha value is -1.46. The van der Waals surface area contributed by atoms with Crippen molar-refractivity contribution in [2.45, 2.75) is 6.36 Å². The van der Waals surface area contributed by atoms with Gasteiger partial charge in [-0.1, -0.05) is 29.3 Å². The van der Waals surface area contributed by atoms with E-state index in [4.69, 9.17) is 23.2 Å². The number of ether oxygens (including phenoxy) is 1. The molecule has 2 rings (SSSR count). The lowest BCUT2D eigenvalue weighted by molar-refractivity contribution is -0.274. The van der Waals surface area contributed by atoms with Crippen LogP contribution in [0.2, 0.25) is 10.0 Å². The zero-order valence-electron chi connectivity index (χ0n) is 9.21. The Morgan fingerprint density at radius 2 is 1.68 bits per heavy atom. The second kappa shape index (κ2) is 5.27. The lowest BCUT2D eigenvalue weighted by Gasteiger charge is -2.12. The molecule has 0 aliphatic heterocycles. The minimum atomic E-state index is -4.79. The fourth-order valence-corrected chi connectivity index (χ4v) is 2.16. The van der Waals surface area contributed by atoms with Gasteiger partial charge in [-0.2, -0.15) is 0 Å². The van der Waals surface area contributed by atoms with E-state index < -0.39 is 12.1 Å². The van der Waals surface area contributed by atoms with Gasteiger partial charge in [0.1, 0.15) is 5.75 Å². The van der Waals surface area contributed by atoms with Crippen LogP contribution in [0.4, 0.5) is 13.2 Å². The number of pyridine rings is 1. The molecule has 1 aromatic carbocycles. The quantitative estimate of drug-likeness (QED) is 0.783.